The molecular weight excluding hydrogens is 412 g/mol. The van der Waals surface area contributed by atoms with E-state index in [9.17, 15) is 13.2 Å². The summed E-state index contributed by atoms with van der Waals surface area (Å²) in [6, 6.07) is 19.0. The normalized spacial score (nSPS) is 11.1. The molecule has 0 atom stereocenters. The van der Waals surface area contributed by atoms with Gasteiger partial charge in [0.15, 0.2) is 0 Å². The number of para-hydroxylation sites is 2. The number of nitrogens with one attached hydrogen (secondary N) is 1. The van der Waals surface area contributed by atoms with Gasteiger partial charge in [0.25, 0.3) is 15.9 Å². The van der Waals surface area contributed by atoms with Gasteiger partial charge in [0.2, 0.25) is 0 Å². The monoisotopic (exact) mass is 438 g/mol. The summed E-state index contributed by atoms with van der Waals surface area (Å²) in [5, 5.41) is 2.84. The van der Waals surface area contributed by atoms with Crippen molar-refractivity contribution in [1.82, 2.24) is 0 Å². The van der Waals surface area contributed by atoms with Crippen molar-refractivity contribution in [1.29, 1.82) is 0 Å². The molecular formula is C24H26N2O4S. The fraction of sp³-hybridized carbons (Fsp3) is 0.208. The summed E-state index contributed by atoms with van der Waals surface area (Å²) in [7, 11) is -0.959. The fourth-order valence-corrected chi connectivity index (χ4v) is 4.44. The summed E-state index contributed by atoms with van der Waals surface area (Å²) in [4.78, 5) is 12.9. The van der Waals surface area contributed by atoms with Gasteiger partial charge in [-0.2, -0.15) is 0 Å². The van der Waals surface area contributed by atoms with Gasteiger partial charge in [-0.3, -0.25) is 9.10 Å². The first-order valence-corrected chi connectivity index (χ1v) is 11.3. The Kier molecular flexibility index (Phi) is 6.65. The first-order chi connectivity index (χ1) is 14.8. The smallest absolute Gasteiger partial charge is 0.264 e. The van der Waals surface area contributed by atoms with Gasteiger partial charge >= 0.3 is 0 Å². The summed E-state index contributed by atoms with van der Waals surface area (Å²) >= 11 is 0. The minimum absolute atomic E-state index is 0.0259. The van der Waals surface area contributed by atoms with Crippen LogP contribution >= 0.6 is 0 Å². The molecule has 0 unspecified atom stereocenters. The van der Waals surface area contributed by atoms with Crippen LogP contribution in [0.2, 0.25) is 0 Å². The Labute approximate surface area is 183 Å². The number of hydrogen-bond acceptors (Lipinski definition) is 4. The van der Waals surface area contributed by atoms with Crippen molar-refractivity contribution in [3.63, 3.8) is 0 Å². The maximum atomic E-state index is 13.3. The number of hydrogen-bond donors (Lipinski definition) is 1. The Morgan fingerprint density at radius 1 is 1.03 bits per heavy atom. The van der Waals surface area contributed by atoms with Crippen molar-refractivity contribution in [2.45, 2.75) is 25.2 Å². The molecule has 0 spiro atoms. The maximum Gasteiger partial charge on any atom is 0.264 e. The van der Waals surface area contributed by atoms with E-state index in [-0.39, 0.29) is 10.8 Å². The molecule has 3 rings (SSSR count). The van der Waals surface area contributed by atoms with Crippen LogP contribution in [-0.2, 0) is 16.4 Å². The van der Waals surface area contributed by atoms with Crippen molar-refractivity contribution in [2.24, 2.45) is 0 Å². The zero-order chi connectivity index (χ0) is 22.6. The third-order valence-corrected chi connectivity index (χ3v) is 6.92. The van der Waals surface area contributed by atoms with Crippen LogP contribution in [0.5, 0.6) is 5.75 Å². The lowest BCUT2D eigenvalue weighted by molar-refractivity contribution is 0.102. The second-order valence-electron chi connectivity index (χ2n) is 7.13. The van der Waals surface area contributed by atoms with Crippen LogP contribution in [0.1, 0.15) is 28.4 Å². The van der Waals surface area contributed by atoms with Crippen molar-refractivity contribution in [3.8, 4) is 5.75 Å². The van der Waals surface area contributed by atoms with Crippen molar-refractivity contribution >= 4 is 27.3 Å². The summed E-state index contributed by atoms with van der Waals surface area (Å²) in [5.41, 5.74) is 3.21. The van der Waals surface area contributed by atoms with Crippen LogP contribution < -0.4 is 14.4 Å². The highest BCUT2D eigenvalue weighted by Gasteiger charge is 2.25. The Balaban J connectivity index is 1.92. The topological polar surface area (TPSA) is 75.7 Å². The molecule has 1 amide bonds. The number of benzene rings is 3. The number of nitrogens with zero attached hydrogens (tertiary/aromatic N) is 1. The first-order valence-electron chi connectivity index (χ1n) is 9.90. The van der Waals surface area contributed by atoms with Crippen LogP contribution in [0.4, 0.5) is 11.4 Å². The minimum atomic E-state index is -3.91. The molecule has 7 heteroatoms. The zero-order valence-corrected chi connectivity index (χ0v) is 18.9. The van der Waals surface area contributed by atoms with E-state index in [0.29, 0.717) is 28.3 Å². The molecule has 6 nitrogen and oxygen atoms in total. The Morgan fingerprint density at radius 2 is 1.71 bits per heavy atom. The zero-order valence-electron chi connectivity index (χ0n) is 18.0. The molecule has 0 aliphatic carbocycles. The Morgan fingerprint density at radius 3 is 2.35 bits per heavy atom. The quantitative estimate of drug-likeness (QED) is 0.583. The number of ether oxygens (including phenoxy) is 1. The largest absolute Gasteiger partial charge is 0.495 e. The molecule has 0 saturated carbocycles. The van der Waals surface area contributed by atoms with E-state index in [1.807, 2.05) is 24.3 Å². The molecule has 162 valence electrons. The van der Waals surface area contributed by atoms with E-state index in [1.54, 1.807) is 37.3 Å². The molecule has 0 heterocycles. The molecule has 0 aromatic heterocycles. The second-order valence-corrected chi connectivity index (χ2v) is 9.09. The minimum Gasteiger partial charge on any atom is -0.495 e. The number of aryl methyl sites for hydroxylation is 2. The second kappa shape index (κ2) is 9.22. The number of anilines is 2. The highest BCUT2D eigenvalue weighted by Crippen LogP contribution is 2.31. The maximum absolute atomic E-state index is 13.3. The van der Waals surface area contributed by atoms with E-state index in [0.717, 1.165) is 10.7 Å². The van der Waals surface area contributed by atoms with Gasteiger partial charge in [-0.25, -0.2) is 8.42 Å². The summed E-state index contributed by atoms with van der Waals surface area (Å²) < 4.78 is 33.0. The van der Waals surface area contributed by atoms with Crippen LogP contribution in [-0.4, -0.2) is 28.5 Å². The summed E-state index contributed by atoms with van der Waals surface area (Å²) in [6.07, 6.45) is 0.910. The summed E-state index contributed by atoms with van der Waals surface area (Å²) in [6.45, 7) is 3.83. The van der Waals surface area contributed by atoms with Crippen molar-refractivity contribution < 1.29 is 17.9 Å². The fourth-order valence-electron chi connectivity index (χ4n) is 3.21. The number of sulfonamides is 1. The molecule has 1 N–H and O–H groups in total. The van der Waals surface area contributed by atoms with Gasteiger partial charge in [0.05, 0.1) is 17.7 Å². The van der Waals surface area contributed by atoms with Crippen LogP contribution in [0.15, 0.2) is 71.6 Å². The van der Waals surface area contributed by atoms with Gasteiger partial charge in [0, 0.05) is 18.3 Å². The third kappa shape index (κ3) is 4.72. The van der Waals surface area contributed by atoms with Crippen LogP contribution in [0.25, 0.3) is 0 Å². The third-order valence-electron chi connectivity index (χ3n) is 5.16. The lowest BCUT2D eigenvalue weighted by Gasteiger charge is -2.22. The van der Waals surface area contributed by atoms with E-state index >= 15 is 0 Å². The molecule has 0 saturated heterocycles. The number of rotatable bonds is 7. The number of carbonyl (C=O) groups is 1. The van der Waals surface area contributed by atoms with Crippen LogP contribution in [0.3, 0.4) is 0 Å². The van der Waals surface area contributed by atoms with E-state index in [2.05, 4.69) is 12.2 Å². The number of amides is 1. The van der Waals surface area contributed by atoms with Crippen LogP contribution in [0, 0.1) is 6.92 Å². The van der Waals surface area contributed by atoms with Gasteiger partial charge in [-0.1, -0.05) is 37.3 Å². The Hall–Kier alpha value is -3.32. The van der Waals surface area contributed by atoms with E-state index in [1.165, 1.54) is 31.9 Å². The molecule has 0 radical (unpaired) electrons. The molecule has 0 bridgehead atoms. The van der Waals surface area contributed by atoms with Gasteiger partial charge in [-0.05, 0) is 60.9 Å². The lowest BCUT2D eigenvalue weighted by Crippen LogP contribution is -2.27. The lowest BCUT2D eigenvalue weighted by atomic mass is 10.1. The predicted octanol–water partition coefficient (Wildman–Crippen LogP) is 4.64. The molecule has 31 heavy (non-hydrogen) atoms. The highest BCUT2D eigenvalue weighted by atomic mass is 32.2. The Bertz CT molecular complexity index is 1190. The number of carbonyl (C=O) groups excluding carboxylic acids is 1. The predicted molar refractivity (Wildman–Crippen MR) is 124 cm³/mol. The average molecular weight is 439 g/mol. The van der Waals surface area contributed by atoms with Gasteiger partial charge < -0.3 is 10.1 Å². The van der Waals surface area contributed by atoms with E-state index < -0.39 is 10.0 Å². The summed E-state index contributed by atoms with van der Waals surface area (Å²) in [5.74, 6) is 0.0768. The number of methoxy groups -OCH3 is 1. The first kappa shape index (κ1) is 22.4. The van der Waals surface area contributed by atoms with Crippen molar-refractivity contribution in [2.75, 3.05) is 23.8 Å². The molecule has 3 aromatic rings. The standard InChI is InChI=1S/C24H26N2O4S/c1-5-18-11-13-19(14-12-18)25-24(27)21-16-20(15-10-17(21)2)31(28,29)26(3)22-8-6-7-9-23(22)30-4/h6-16H,5H2,1-4H3,(H,25,27). The molecule has 0 fully saturated rings. The van der Waals surface area contributed by atoms with E-state index in [4.69, 9.17) is 4.74 Å². The highest BCUT2D eigenvalue weighted by molar-refractivity contribution is 7.92. The molecule has 3 aromatic carbocycles. The van der Waals surface area contributed by atoms with Gasteiger partial charge in [-0.15, -0.1) is 0 Å². The van der Waals surface area contributed by atoms with Gasteiger partial charge in [0.1, 0.15) is 5.75 Å². The SMILES string of the molecule is CCc1ccc(NC(=O)c2cc(S(=O)(=O)N(C)c3ccccc3OC)ccc2C)cc1. The average Bonchev–Trinajstić information content (AvgIpc) is 2.79. The molecule has 0 aliphatic heterocycles. The van der Waals surface area contributed by atoms with Crippen molar-refractivity contribution in [3.05, 3.63) is 83.4 Å². The molecule has 0 aliphatic rings.